The summed E-state index contributed by atoms with van der Waals surface area (Å²) in [5, 5.41) is 1.97. The largest absolute Gasteiger partial charge is 0.347 e. The average molecular weight is 275 g/mol. The van der Waals surface area contributed by atoms with Crippen molar-refractivity contribution in [1.82, 2.24) is 24.3 Å². The number of imidazole rings is 2. The molecule has 0 aromatic carbocycles. The predicted octanol–water partition coefficient (Wildman–Crippen LogP) is 1.32. The molecule has 0 aliphatic rings. The Morgan fingerprint density at radius 1 is 1.58 bits per heavy atom. The van der Waals surface area contributed by atoms with E-state index in [9.17, 15) is 4.79 Å². The van der Waals surface area contributed by atoms with Gasteiger partial charge in [0.2, 0.25) is 5.91 Å². The van der Waals surface area contributed by atoms with Crippen LogP contribution < -0.4 is 0 Å². The number of carbonyl (C=O) groups excluding carboxylic acids is 1. The van der Waals surface area contributed by atoms with Crippen LogP contribution in [-0.2, 0) is 17.8 Å². The molecule has 0 aliphatic carbocycles. The molecule has 0 spiro atoms. The van der Waals surface area contributed by atoms with Gasteiger partial charge < -0.3 is 9.88 Å². The number of aromatic nitrogens is 4. The summed E-state index contributed by atoms with van der Waals surface area (Å²) in [4.78, 5) is 26.1. The maximum Gasteiger partial charge on any atom is 0.228 e. The molecule has 0 saturated heterocycles. The third-order valence-corrected chi connectivity index (χ3v) is 3.61. The fourth-order valence-corrected chi connectivity index (χ4v) is 2.57. The molecule has 3 heterocycles. The third-order valence-electron chi connectivity index (χ3n) is 2.84. The Kier molecular flexibility index (Phi) is 3.04. The smallest absolute Gasteiger partial charge is 0.228 e. The van der Waals surface area contributed by atoms with E-state index in [1.54, 1.807) is 35.7 Å². The number of nitrogens with one attached hydrogen (secondary N) is 1. The van der Waals surface area contributed by atoms with E-state index in [4.69, 9.17) is 0 Å². The maximum absolute atomic E-state index is 12.1. The van der Waals surface area contributed by atoms with Gasteiger partial charge in [-0.05, 0) is 0 Å². The highest BCUT2D eigenvalue weighted by Crippen LogP contribution is 2.12. The van der Waals surface area contributed by atoms with Crippen LogP contribution in [0.15, 0.2) is 30.2 Å². The summed E-state index contributed by atoms with van der Waals surface area (Å²) in [6, 6.07) is 0. The van der Waals surface area contributed by atoms with E-state index in [0.717, 1.165) is 16.5 Å². The molecular formula is C12H13N5OS. The number of carbonyl (C=O) groups is 1. The Bertz CT molecular complexity index is 655. The molecule has 3 aromatic heterocycles. The summed E-state index contributed by atoms with van der Waals surface area (Å²) in [5.74, 6) is 0.809. The molecule has 0 bridgehead atoms. The number of nitrogens with zero attached hydrogens (tertiary/aromatic N) is 4. The van der Waals surface area contributed by atoms with Crippen LogP contribution in [0.2, 0.25) is 0 Å². The lowest BCUT2D eigenvalue weighted by Crippen LogP contribution is -2.28. The van der Waals surface area contributed by atoms with Crippen molar-refractivity contribution in [1.29, 1.82) is 0 Å². The van der Waals surface area contributed by atoms with Gasteiger partial charge in [0, 0.05) is 37.2 Å². The van der Waals surface area contributed by atoms with Crippen molar-refractivity contribution in [3.05, 3.63) is 41.7 Å². The van der Waals surface area contributed by atoms with Gasteiger partial charge in [-0.15, -0.1) is 11.3 Å². The van der Waals surface area contributed by atoms with Crippen LogP contribution in [0.25, 0.3) is 4.96 Å². The Hall–Kier alpha value is -2.15. The second kappa shape index (κ2) is 4.85. The van der Waals surface area contributed by atoms with Crippen LogP contribution in [0.3, 0.4) is 0 Å². The van der Waals surface area contributed by atoms with E-state index in [-0.39, 0.29) is 5.91 Å². The molecule has 0 saturated carbocycles. The van der Waals surface area contributed by atoms with Crippen LogP contribution >= 0.6 is 11.3 Å². The maximum atomic E-state index is 12.1. The lowest BCUT2D eigenvalue weighted by molar-refractivity contribution is -0.129. The number of amides is 1. The number of thiazole rings is 1. The van der Waals surface area contributed by atoms with Crippen molar-refractivity contribution < 1.29 is 4.79 Å². The number of hydrogen-bond donors (Lipinski definition) is 1. The highest BCUT2D eigenvalue weighted by molar-refractivity contribution is 7.15. The summed E-state index contributed by atoms with van der Waals surface area (Å²) in [6.45, 7) is 0.480. The molecule has 0 radical (unpaired) electrons. The molecule has 19 heavy (non-hydrogen) atoms. The minimum atomic E-state index is 0.0298. The Morgan fingerprint density at radius 2 is 2.47 bits per heavy atom. The minimum absolute atomic E-state index is 0.0298. The zero-order valence-electron chi connectivity index (χ0n) is 10.4. The molecule has 0 atom stereocenters. The van der Waals surface area contributed by atoms with Crippen LogP contribution in [0.4, 0.5) is 0 Å². The molecule has 98 valence electrons. The minimum Gasteiger partial charge on any atom is -0.347 e. The van der Waals surface area contributed by atoms with Crippen LogP contribution in [0.1, 0.15) is 11.5 Å². The quantitative estimate of drug-likeness (QED) is 0.781. The Balaban J connectivity index is 1.65. The van der Waals surface area contributed by atoms with Crippen molar-refractivity contribution in [3.63, 3.8) is 0 Å². The Labute approximate surface area is 113 Å². The van der Waals surface area contributed by atoms with Gasteiger partial charge in [-0.2, -0.15) is 0 Å². The second-order valence-electron chi connectivity index (χ2n) is 4.29. The summed E-state index contributed by atoms with van der Waals surface area (Å²) in [6.07, 6.45) is 7.57. The molecule has 1 N–H and O–H groups in total. The molecule has 0 fully saturated rings. The number of aromatic amines is 1. The molecule has 0 aliphatic heterocycles. The van der Waals surface area contributed by atoms with Gasteiger partial charge in [0.05, 0.1) is 18.7 Å². The molecule has 3 rings (SSSR count). The lowest BCUT2D eigenvalue weighted by Gasteiger charge is -2.14. The highest BCUT2D eigenvalue weighted by Gasteiger charge is 2.13. The first-order valence-corrected chi connectivity index (χ1v) is 6.73. The van der Waals surface area contributed by atoms with Gasteiger partial charge in [-0.3, -0.25) is 9.20 Å². The molecular weight excluding hydrogens is 262 g/mol. The first-order chi connectivity index (χ1) is 9.22. The van der Waals surface area contributed by atoms with Gasteiger partial charge in [0.25, 0.3) is 0 Å². The molecule has 0 unspecified atom stereocenters. The van der Waals surface area contributed by atoms with Crippen molar-refractivity contribution in [2.75, 3.05) is 7.05 Å². The molecule has 7 heteroatoms. The van der Waals surface area contributed by atoms with E-state index in [0.29, 0.717) is 13.0 Å². The van der Waals surface area contributed by atoms with E-state index in [1.807, 2.05) is 22.2 Å². The summed E-state index contributed by atoms with van der Waals surface area (Å²) in [7, 11) is 1.77. The van der Waals surface area contributed by atoms with Gasteiger partial charge in [0.15, 0.2) is 4.96 Å². The fraction of sp³-hybridized carbons (Fsp3) is 0.250. The molecule has 6 nitrogen and oxygen atoms in total. The van der Waals surface area contributed by atoms with Crippen LogP contribution in [-0.4, -0.2) is 37.2 Å². The second-order valence-corrected chi connectivity index (χ2v) is 5.16. The first kappa shape index (κ1) is 11.9. The zero-order chi connectivity index (χ0) is 13.2. The van der Waals surface area contributed by atoms with Gasteiger partial charge >= 0.3 is 0 Å². The van der Waals surface area contributed by atoms with E-state index >= 15 is 0 Å². The topological polar surface area (TPSA) is 66.3 Å². The van der Waals surface area contributed by atoms with Gasteiger partial charge in [0.1, 0.15) is 5.82 Å². The summed E-state index contributed by atoms with van der Waals surface area (Å²) in [5.41, 5.74) is 0.795. The van der Waals surface area contributed by atoms with Crippen LogP contribution in [0.5, 0.6) is 0 Å². The van der Waals surface area contributed by atoms with E-state index in [2.05, 4.69) is 15.0 Å². The predicted molar refractivity (Wildman–Crippen MR) is 71.8 cm³/mol. The number of H-pyrrole nitrogens is 1. The Morgan fingerprint density at radius 3 is 3.21 bits per heavy atom. The third kappa shape index (κ3) is 2.50. The first-order valence-electron chi connectivity index (χ1n) is 5.85. The molecule has 3 aromatic rings. The number of fused-ring (bicyclic) bond motifs is 1. The zero-order valence-corrected chi connectivity index (χ0v) is 11.2. The average Bonchev–Trinajstić information content (AvgIpc) is 3.04. The van der Waals surface area contributed by atoms with Crippen LogP contribution in [0, 0.1) is 0 Å². The van der Waals surface area contributed by atoms with Gasteiger partial charge in [-0.1, -0.05) is 0 Å². The lowest BCUT2D eigenvalue weighted by atomic mass is 10.3. The normalized spacial score (nSPS) is 11.0. The number of rotatable bonds is 4. The summed E-state index contributed by atoms with van der Waals surface area (Å²) < 4.78 is 1.93. The van der Waals surface area contributed by atoms with Crippen molar-refractivity contribution >= 4 is 22.2 Å². The standard InChI is InChI=1S/C12H13N5OS/c1-16(8-10-13-2-3-14-10)11(18)6-9-7-17-4-5-19-12(17)15-9/h2-5,7H,6,8H2,1H3,(H,13,14). The summed E-state index contributed by atoms with van der Waals surface area (Å²) >= 11 is 1.56. The highest BCUT2D eigenvalue weighted by atomic mass is 32.1. The fourth-order valence-electron chi connectivity index (χ4n) is 1.85. The van der Waals surface area contributed by atoms with E-state index < -0.39 is 0 Å². The monoisotopic (exact) mass is 275 g/mol. The van der Waals surface area contributed by atoms with Crippen molar-refractivity contribution in [2.45, 2.75) is 13.0 Å². The van der Waals surface area contributed by atoms with Crippen molar-refractivity contribution in [3.8, 4) is 0 Å². The van der Waals surface area contributed by atoms with E-state index in [1.165, 1.54) is 0 Å². The SMILES string of the molecule is CN(Cc1ncc[nH]1)C(=O)Cc1cn2ccsc2n1. The number of likely N-dealkylation sites (N-methyl/N-ethyl adjacent to an activating group) is 1. The number of hydrogen-bond acceptors (Lipinski definition) is 4. The van der Waals surface area contributed by atoms with Gasteiger partial charge in [-0.25, -0.2) is 9.97 Å². The van der Waals surface area contributed by atoms with Crippen molar-refractivity contribution in [2.24, 2.45) is 0 Å². The molecule has 1 amide bonds.